The summed E-state index contributed by atoms with van der Waals surface area (Å²) in [4.78, 5) is 24.8. The standard InChI is InChI=1S/C23H18N2O3/c1-25-22(26)20-10-6-5-9-19(20)21(24-25)23(27)28-15-16-11-13-18(14-12-16)17-7-3-2-4-8-17/h2-14H,15H2,1H3. The fraction of sp³-hybridized carbons (Fsp3) is 0.0870. The zero-order valence-corrected chi connectivity index (χ0v) is 15.3. The van der Waals surface area contributed by atoms with Crippen LogP contribution in [0.15, 0.2) is 83.7 Å². The predicted molar refractivity (Wildman–Crippen MR) is 108 cm³/mol. The fourth-order valence-electron chi connectivity index (χ4n) is 3.09. The highest BCUT2D eigenvalue weighted by Crippen LogP contribution is 2.20. The van der Waals surface area contributed by atoms with Crippen molar-refractivity contribution in [1.82, 2.24) is 9.78 Å². The number of fused-ring (bicyclic) bond motifs is 1. The van der Waals surface area contributed by atoms with Crippen molar-refractivity contribution in [3.05, 3.63) is 100 Å². The van der Waals surface area contributed by atoms with E-state index >= 15 is 0 Å². The Morgan fingerprint density at radius 1 is 0.857 bits per heavy atom. The zero-order valence-electron chi connectivity index (χ0n) is 15.3. The maximum Gasteiger partial charge on any atom is 0.359 e. The minimum absolute atomic E-state index is 0.132. The normalized spacial score (nSPS) is 10.8. The van der Waals surface area contributed by atoms with Crippen LogP contribution in [-0.4, -0.2) is 15.7 Å². The van der Waals surface area contributed by atoms with E-state index in [4.69, 9.17) is 4.74 Å². The average molecular weight is 370 g/mol. The summed E-state index contributed by atoms with van der Waals surface area (Å²) in [7, 11) is 1.52. The van der Waals surface area contributed by atoms with Crippen LogP contribution >= 0.6 is 0 Å². The molecule has 0 N–H and O–H groups in total. The van der Waals surface area contributed by atoms with Gasteiger partial charge in [-0.15, -0.1) is 0 Å². The number of nitrogens with zero attached hydrogens (tertiary/aromatic N) is 2. The van der Waals surface area contributed by atoms with E-state index in [0.29, 0.717) is 10.8 Å². The van der Waals surface area contributed by atoms with Gasteiger partial charge in [0.25, 0.3) is 5.56 Å². The summed E-state index contributed by atoms with van der Waals surface area (Å²) in [6.45, 7) is 0.132. The van der Waals surface area contributed by atoms with Crippen LogP contribution in [0.2, 0.25) is 0 Å². The lowest BCUT2D eigenvalue weighted by Crippen LogP contribution is -2.23. The minimum Gasteiger partial charge on any atom is -0.456 e. The summed E-state index contributed by atoms with van der Waals surface area (Å²) in [5.74, 6) is -0.557. The van der Waals surface area contributed by atoms with E-state index in [9.17, 15) is 9.59 Å². The number of hydrogen-bond donors (Lipinski definition) is 0. The third kappa shape index (κ3) is 3.42. The van der Waals surface area contributed by atoms with Crippen LogP contribution in [0.5, 0.6) is 0 Å². The molecule has 0 saturated carbocycles. The molecule has 0 unspecified atom stereocenters. The second-order valence-electron chi connectivity index (χ2n) is 6.46. The second kappa shape index (κ2) is 7.48. The number of carbonyl (C=O) groups is 1. The van der Waals surface area contributed by atoms with Gasteiger partial charge >= 0.3 is 5.97 Å². The van der Waals surface area contributed by atoms with Gasteiger partial charge in [-0.05, 0) is 22.8 Å². The van der Waals surface area contributed by atoms with Crippen molar-refractivity contribution in [3.8, 4) is 11.1 Å². The van der Waals surface area contributed by atoms with E-state index in [1.807, 2.05) is 54.6 Å². The Labute approximate surface area is 161 Å². The molecule has 28 heavy (non-hydrogen) atoms. The van der Waals surface area contributed by atoms with Crippen LogP contribution in [-0.2, 0) is 18.4 Å². The minimum atomic E-state index is -0.557. The lowest BCUT2D eigenvalue weighted by molar-refractivity contribution is 0.0465. The zero-order chi connectivity index (χ0) is 19.5. The summed E-state index contributed by atoms with van der Waals surface area (Å²) in [6, 6.07) is 24.8. The number of esters is 1. The first-order valence-electron chi connectivity index (χ1n) is 8.91. The second-order valence-corrected chi connectivity index (χ2v) is 6.46. The maximum atomic E-state index is 12.6. The van der Waals surface area contributed by atoms with E-state index in [0.717, 1.165) is 21.4 Å². The van der Waals surface area contributed by atoms with Crippen LogP contribution in [0, 0.1) is 0 Å². The van der Waals surface area contributed by atoms with Gasteiger partial charge in [-0.25, -0.2) is 9.48 Å². The molecule has 0 bridgehead atoms. The first-order valence-corrected chi connectivity index (χ1v) is 8.91. The molecule has 0 amide bonds. The topological polar surface area (TPSA) is 61.2 Å². The fourth-order valence-corrected chi connectivity index (χ4v) is 3.09. The summed E-state index contributed by atoms with van der Waals surface area (Å²) < 4.78 is 6.61. The van der Waals surface area contributed by atoms with E-state index < -0.39 is 5.97 Å². The van der Waals surface area contributed by atoms with Gasteiger partial charge in [0, 0.05) is 12.4 Å². The van der Waals surface area contributed by atoms with Gasteiger partial charge in [-0.2, -0.15) is 5.10 Å². The Morgan fingerprint density at radius 2 is 1.46 bits per heavy atom. The number of rotatable bonds is 4. The van der Waals surface area contributed by atoms with E-state index in [1.54, 1.807) is 24.3 Å². The van der Waals surface area contributed by atoms with E-state index in [-0.39, 0.29) is 17.9 Å². The van der Waals surface area contributed by atoms with Crippen molar-refractivity contribution >= 4 is 16.7 Å². The summed E-state index contributed by atoms with van der Waals surface area (Å²) in [5, 5.41) is 5.04. The van der Waals surface area contributed by atoms with Gasteiger partial charge in [0.2, 0.25) is 0 Å². The highest BCUT2D eigenvalue weighted by molar-refractivity contribution is 6.02. The third-order valence-electron chi connectivity index (χ3n) is 4.58. The Bertz CT molecular complexity index is 1200. The number of aromatic nitrogens is 2. The lowest BCUT2D eigenvalue weighted by Gasteiger charge is -2.09. The van der Waals surface area contributed by atoms with Gasteiger partial charge in [0.15, 0.2) is 5.69 Å². The Hall–Kier alpha value is -3.73. The molecule has 0 fully saturated rings. The Kier molecular flexibility index (Phi) is 4.72. The van der Waals surface area contributed by atoms with Gasteiger partial charge in [-0.3, -0.25) is 4.79 Å². The molecule has 138 valence electrons. The number of carbonyl (C=O) groups excluding carboxylic acids is 1. The first-order chi connectivity index (χ1) is 13.6. The largest absolute Gasteiger partial charge is 0.456 e. The van der Waals surface area contributed by atoms with Crippen LogP contribution in [0.4, 0.5) is 0 Å². The summed E-state index contributed by atoms with van der Waals surface area (Å²) in [5.41, 5.74) is 3.00. The first kappa shape index (κ1) is 17.7. The highest BCUT2D eigenvalue weighted by atomic mass is 16.5. The SMILES string of the molecule is Cn1nc(C(=O)OCc2ccc(-c3ccccc3)cc2)c2ccccc2c1=O. The van der Waals surface area contributed by atoms with Crippen LogP contribution in [0.3, 0.4) is 0 Å². The molecular weight excluding hydrogens is 352 g/mol. The number of benzene rings is 3. The smallest absolute Gasteiger partial charge is 0.359 e. The molecule has 1 heterocycles. The van der Waals surface area contributed by atoms with Crippen molar-refractivity contribution in [2.45, 2.75) is 6.61 Å². The summed E-state index contributed by atoms with van der Waals surface area (Å²) in [6.07, 6.45) is 0. The Morgan fingerprint density at radius 3 is 2.18 bits per heavy atom. The molecule has 5 nitrogen and oxygen atoms in total. The molecule has 0 saturated heterocycles. The van der Waals surface area contributed by atoms with Crippen LogP contribution in [0.25, 0.3) is 21.9 Å². The van der Waals surface area contributed by atoms with Crippen LogP contribution in [0.1, 0.15) is 16.1 Å². The van der Waals surface area contributed by atoms with Crippen LogP contribution < -0.4 is 5.56 Å². The van der Waals surface area contributed by atoms with E-state index in [1.165, 1.54) is 7.05 Å². The van der Waals surface area contributed by atoms with Gasteiger partial charge in [-0.1, -0.05) is 72.8 Å². The van der Waals surface area contributed by atoms with Crippen molar-refractivity contribution in [2.24, 2.45) is 7.05 Å². The molecule has 4 aromatic rings. The molecule has 3 aromatic carbocycles. The van der Waals surface area contributed by atoms with Crippen molar-refractivity contribution in [1.29, 1.82) is 0 Å². The third-order valence-corrected chi connectivity index (χ3v) is 4.58. The monoisotopic (exact) mass is 370 g/mol. The molecule has 0 spiro atoms. The van der Waals surface area contributed by atoms with E-state index in [2.05, 4.69) is 5.10 Å². The van der Waals surface area contributed by atoms with Gasteiger partial charge < -0.3 is 4.74 Å². The molecule has 4 rings (SSSR count). The average Bonchev–Trinajstić information content (AvgIpc) is 2.75. The van der Waals surface area contributed by atoms with Gasteiger partial charge in [0.05, 0.1) is 5.39 Å². The number of hydrogen-bond acceptors (Lipinski definition) is 4. The van der Waals surface area contributed by atoms with Crippen molar-refractivity contribution in [2.75, 3.05) is 0 Å². The molecule has 0 aliphatic rings. The summed E-state index contributed by atoms with van der Waals surface area (Å²) >= 11 is 0. The van der Waals surface area contributed by atoms with Crippen molar-refractivity contribution in [3.63, 3.8) is 0 Å². The molecule has 0 aliphatic carbocycles. The molecule has 0 aliphatic heterocycles. The highest BCUT2D eigenvalue weighted by Gasteiger charge is 2.17. The molecule has 1 aromatic heterocycles. The maximum absolute atomic E-state index is 12.6. The van der Waals surface area contributed by atoms with Gasteiger partial charge in [0.1, 0.15) is 6.61 Å². The Balaban J connectivity index is 1.53. The molecule has 5 heteroatoms. The quantitative estimate of drug-likeness (QED) is 0.510. The molecule has 0 radical (unpaired) electrons. The number of aryl methyl sites for hydroxylation is 1. The predicted octanol–water partition coefficient (Wildman–Crippen LogP) is 3.96. The lowest BCUT2D eigenvalue weighted by atomic mass is 10.0. The molecule has 0 atom stereocenters. The van der Waals surface area contributed by atoms with Crippen molar-refractivity contribution < 1.29 is 9.53 Å². The molecular formula is C23H18N2O3. The number of ether oxygens (including phenoxy) is 1.